The molecule has 0 saturated heterocycles. The molecule has 2 nitrogen and oxygen atoms in total. The van der Waals surface area contributed by atoms with Crippen molar-refractivity contribution in [2.24, 2.45) is 5.92 Å². The molecule has 0 unspecified atom stereocenters. The fourth-order valence-electron chi connectivity index (χ4n) is 1.58. The van der Waals surface area contributed by atoms with Crippen molar-refractivity contribution in [1.29, 1.82) is 0 Å². The maximum absolute atomic E-state index is 10.7. The van der Waals surface area contributed by atoms with Gasteiger partial charge in [0.25, 0.3) is 0 Å². The summed E-state index contributed by atoms with van der Waals surface area (Å²) < 4.78 is 5.01. The van der Waals surface area contributed by atoms with Crippen molar-refractivity contribution in [3.63, 3.8) is 0 Å². The average Bonchev–Trinajstić information content (AvgIpc) is 2.15. The van der Waals surface area contributed by atoms with Crippen molar-refractivity contribution in [3.8, 4) is 0 Å². The average molecular weight is 238 g/mol. The van der Waals surface area contributed by atoms with E-state index in [9.17, 15) is 4.79 Å². The maximum Gasteiger partial charge on any atom is 0.303 e. The zero-order chi connectivity index (χ0) is 13.3. The van der Waals surface area contributed by atoms with E-state index in [1.165, 1.54) is 18.9 Å². The van der Waals surface area contributed by atoms with Gasteiger partial charge in [-0.3, -0.25) is 4.79 Å². The molecular formula is C15H26O2. The van der Waals surface area contributed by atoms with Crippen LogP contribution in [0.25, 0.3) is 0 Å². The van der Waals surface area contributed by atoms with E-state index in [2.05, 4.69) is 32.9 Å². The van der Waals surface area contributed by atoms with Gasteiger partial charge in [-0.1, -0.05) is 24.6 Å². The number of rotatable bonds is 7. The maximum atomic E-state index is 10.7. The highest BCUT2D eigenvalue weighted by Crippen LogP contribution is 2.12. The summed E-state index contributed by atoms with van der Waals surface area (Å²) >= 11 is 0. The van der Waals surface area contributed by atoms with Crippen LogP contribution in [-0.2, 0) is 9.53 Å². The van der Waals surface area contributed by atoms with Crippen molar-refractivity contribution < 1.29 is 9.53 Å². The van der Waals surface area contributed by atoms with Crippen LogP contribution in [0.3, 0.4) is 0 Å². The minimum atomic E-state index is -0.223. The zero-order valence-corrected chi connectivity index (χ0v) is 11.8. The summed E-state index contributed by atoms with van der Waals surface area (Å²) in [5.74, 6) is 0.449. The Morgan fingerprint density at radius 2 is 1.88 bits per heavy atom. The van der Waals surface area contributed by atoms with Crippen molar-refractivity contribution >= 4 is 5.97 Å². The second-order valence-electron chi connectivity index (χ2n) is 4.94. The molecule has 2 heteroatoms. The van der Waals surface area contributed by atoms with Gasteiger partial charge < -0.3 is 4.74 Å². The number of ether oxygens (including phenoxy) is 1. The van der Waals surface area contributed by atoms with Crippen LogP contribution in [0.1, 0.15) is 53.9 Å². The largest absolute Gasteiger partial charge is 0.459 e. The molecule has 0 amide bonds. The van der Waals surface area contributed by atoms with Crippen LogP contribution in [0.4, 0.5) is 0 Å². The predicted octanol–water partition coefficient (Wildman–Crippen LogP) is 4.27. The van der Waals surface area contributed by atoms with Crippen molar-refractivity contribution in [2.45, 2.75) is 60.0 Å². The highest BCUT2D eigenvalue weighted by atomic mass is 16.5. The van der Waals surface area contributed by atoms with Crippen LogP contribution in [0, 0.1) is 5.92 Å². The van der Waals surface area contributed by atoms with Crippen LogP contribution in [0.2, 0.25) is 0 Å². The lowest BCUT2D eigenvalue weighted by Gasteiger charge is -2.08. The van der Waals surface area contributed by atoms with Gasteiger partial charge in [0.15, 0.2) is 0 Å². The summed E-state index contributed by atoms with van der Waals surface area (Å²) in [4.78, 5) is 10.7. The van der Waals surface area contributed by atoms with E-state index in [4.69, 9.17) is 4.74 Å². The van der Waals surface area contributed by atoms with Crippen LogP contribution in [-0.4, -0.2) is 12.1 Å². The van der Waals surface area contributed by atoms with Crippen LogP contribution < -0.4 is 0 Å². The Kier molecular flexibility index (Phi) is 8.47. The molecule has 0 aliphatic heterocycles. The zero-order valence-electron chi connectivity index (χ0n) is 11.8. The van der Waals surface area contributed by atoms with E-state index in [0.717, 1.165) is 12.8 Å². The van der Waals surface area contributed by atoms with Gasteiger partial charge in [0, 0.05) is 6.92 Å². The van der Waals surface area contributed by atoms with E-state index in [1.54, 1.807) is 0 Å². The molecule has 0 aromatic carbocycles. The minimum Gasteiger partial charge on any atom is -0.459 e. The molecule has 17 heavy (non-hydrogen) atoms. The fraction of sp³-hybridized carbons (Fsp3) is 0.667. The highest BCUT2D eigenvalue weighted by molar-refractivity contribution is 5.66. The number of esters is 1. The molecule has 0 fully saturated rings. The molecular weight excluding hydrogens is 212 g/mol. The van der Waals surface area contributed by atoms with Gasteiger partial charge in [-0.05, 0) is 52.0 Å². The SMILES string of the molecule is CC(=O)O[C@H](C)C=CC[C@H](C)CCC=C(C)C. The van der Waals surface area contributed by atoms with Crippen molar-refractivity contribution in [1.82, 2.24) is 0 Å². The summed E-state index contributed by atoms with van der Waals surface area (Å²) in [7, 11) is 0. The first kappa shape index (κ1) is 16.0. The smallest absolute Gasteiger partial charge is 0.303 e. The molecule has 0 radical (unpaired) electrons. The first-order chi connectivity index (χ1) is 7.91. The molecule has 0 aliphatic rings. The Labute approximate surface area is 106 Å². The predicted molar refractivity (Wildman–Crippen MR) is 72.8 cm³/mol. The molecule has 0 aromatic heterocycles. The first-order valence-electron chi connectivity index (χ1n) is 6.39. The van der Waals surface area contributed by atoms with Gasteiger partial charge in [-0.2, -0.15) is 0 Å². The van der Waals surface area contributed by atoms with Gasteiger partial charge in [-0.25, -0.2) is 0 Å². The lowest BCUT2D eigenvalue weighted by Crippen LogP contribution is -2.08. The van der Waals surface area contributed by atoms with Gasteiger partial charge in [-0.15, -0.1) is 0 Å². The molecule has 0 N–H and O–H groups in total. The Bertz CT molecular complexity index is 273. The number of carbonyl (C=O) groups is 1. The van der Waals surface area contributed by atoms with Crippen LogP contribution >= 0.6 is 0 Å². The minimum absolute atomic E-state index is 0.113. The lowest BCUT2D eigenvalue weighted by atomic mass is 10.0. The van der Waals surface area contributed by atoms with Crippen molar-refractivity contribution in [3.05, 3.63) is 23.8 Å². The van der Waals surface area contributed by atoms with E-state index in [0.29, 0.717) is 5.92 Å². The molecule has 0 aliphatic carbocycles. The quantitative estimate of drug-likeness (QED) is 0.489. The normalized spacial score (nSPS) is 14.4. The van der Waals surface area contributed by atoms with Crippen molar-refractivity contribution in [2.75, 3.05) is 0 Å². The van der Waals surface area contributed by atoms with E-state index >= 15 is 0 Å². The second kappa shape index (κ2) is 9.03. The fourth-order valence-corrected chi connectivity index (χ4v) is 1.58. The third kappa shape index (κ3) is 11.2. The van der Waals surface area contributed by atoms with Crippen LogP contribution in [0.15, 0.2) is 23.8 Å². The molecule has 0 heterocycles. The molecule has 0 spiro atoms. The molecule has 2 atom stereocenters. The number of carbonyl (C=O) groups excluding carboxylic acids is 1. The number of hydrogen-bond acceptors (Lipinski definition) is 2. The van der Waals surface area contributed by atoms with E-state index < -0.39 is 0 Å². The van der Waals surface area contributed by atoms with Gasteiger partial charge in [0.2, 0.25) is 0 Å². The summed E-state index contributed by atoms with van der Waals surface area (Å²) in [6.45, 7) is 9.83. The Balaban J connectivity index is 3.75. The standard InChI is InChI=1S/C15H26O2/c1-12(2)8-6-9-13(3)10-7-11-14(4)17-15(5)16/h7-8,11,13-14H,6,9-10H2,1-5H3/t13-,14-/m1/s1. The summed E-state index contributed by atoms with van der Waals surface area (Å²) in [5.41, 5.74) is 1.39. The van der Waals surface area contributed by atoms with Gasteiger partial charge >= 0.3 is 5.97 Å². The number of hydrogen-bond donors (Lipinski definition) is 0. The summed E-state index contributed by atoms with van der Waals surface area (Å²) in [5, 5.41) is 0. The molecule has 98 valence electrons. The molecule has 0 aromatic rings. The molecule has 0 rings (SSSR count). The Hall–Kier alpha value is -1.05. The highest BCUT2D eigenvalue weighted by Gasteiger charge is 2.01. The topological polar surface area (TPSA) is 26.3 Å². The second-order valence-corrected chi connectivity index (χ2v) is 4.94. The first-order valence-corrected chi connectivity index (χ1v) is 6.39. The third-order valence-electron chi connectivity index (χ3n) is 2.51. The molecule has 0 saturated carbocycles. The number of allylic oxidation sites excluding steroid dienone is 3. The Morgan fingerprint density at radius 1 is 1.24 bits per heavy atom. The van der Waals surface area contributed by atoms with Gasteiger partial charge in [0.05, 0.1) is 0 Å². The summed E-state index contributed by atoms with van der Waals surface area (Å²) in [6.07, 6.45) is 9.63. The Morgan fingerprint density at radius 3 is 2.41 bits per heavy atom. The van der Waals surface area contributed by atoms with Crippen LogP contribution in [0.5, 0.6) is 0 Å². The molecule has 0 bridgehead atoms. The van der Waals surface area contributed by atoms with E-state index in [-0.39, 0.29) is 12.1 Å². The third-order valence-corrected chi connectivity index (χ3v) is 2.51. The van der Waals surface area contributed by atoms with Gasteiger partial charge in [0.1, 0.15) is 6.10 Å². The lowest BCUT2D eigenvalue weighted by molar-refractivity contribution is -0.143. The monoisotopic (exact) mass is 238 g/mol. The summed E-state index contributed by atoms with van der Waals surface area (Å²) in [6, 6.07) is 0. The van der Waals surface area contributed by atoms with E-state index in [1.807, 2.05) is 13.0 Å².